The number of nitrogens with zero attached hydrogens (tertiary/aromatic N) is 2. The molecule has 0 aliphatic rings. The van der Waals surface area contributed by atoms with Crippen LogP contribution in [0.4, 0.5) is 0 Å². The Kier molecular flexibility index (Phi) is 2.85. The summed E-state index contributed by atoms with van der Waals surface area (Å²) >= 11 is 6.99. The molecule has 0 amide bonds. The van der Waals surface area contributed by atoms with Crippen molar-refractivity contribution in [3.8, 4) is 16.4 Å². The first kappa shape index (κ1) is 11.4. The summed E-state index contributed by atoms with van der Waals surface area (Å²) in [6.07, 6.45) is 0. The van der Waals surface area contributed by atoms with Crippen LogP contribution in [0, 0.1) is 11.7 Å². The second-order valence-corrected chi connectivity index (χ2v) is 5.29. The molecule has 0 saturated carbocycles. The highest BCUT2D eigenvalue weighted by atomic mass is 32.1. The topological polar surface area (TPSA) is 33.6 Å². The average molecular weight is 273 g/mol. The number of nitrogens with one attached hydrogen (secondary N) is 1. The molecule has 0 radical (unpaired) electrons. The highest BCUT2D eigenvalue weighted by Crippen LogP contribution is 2.26. The lowest BCUT2D eigenvalue weighted by Gasteiger charge is -2.08. The number of H-pyrrole nitrogens is 1. The minimum Gasteiger partial charge on any atom is -0.267 e. The van der Waals surface area contributed by atoms with Gasteiger partial charge in [0.1, 0.15) is 0 Å². The molecule has 2 aromatic heterocycles. The Morgan fingerprint density at radius 3 is 2.78 bits per heavy atom. The fourth-order valence-electron chi connectivity index (χ4n) is 1.91. The normalized spacial score (nSPS) is 10.7. The Balaban J connectivity index is 2.28. The molecule has 0 aliphatic heterocycles. The van der Waals surface area contributed by atoms with Gasteiger partial charge in [0.05, 0.1) is 10.6 Å². The summed E-state index contributed by atoms with van der Waals surface area (Å²) in [5.41, 5.74) is 2.24. The molecule has 0 bridgehead atoms. The Morgan fingerprint density at radius 1 is 1.22 bits per heavy atom. The predicted octanol–water partition coefficient (Wildman–Crippen LogP) is 3.97. The van der Waals surface area contributed by atoms with Crippen LogP contribution < -0.4 is 0 Å². The van der Waals surface area contributed by atoms with Gasteiger partial charge in [0.15, 0.2) is 10.6 Å². The number of hydrogen-bond donors (Lipinski definition) is 1. The number of thiophene rings is 1. The summed E-state index contributed by atoms with van der Waals surface area (Å²) < 4.78 is 2.60. The first-order valence-electron chi connectivity index (χ1n) is 5.54. The number of aromatic amines is 1. The lowest BCUT2D eigenvalue weighted by molar-refractivity contribution is 1.02. The van der Waals surface area contributed by atoms with Crippen LogP contribution in [0.15, 0.2) is 41.8 Å². The zero-order valence-corrected chi connectivity index (χ0v) is 11.4. The molecular formula is C13H11N3S2. The third-order valence-electron chi connectivity index (χ3n) is 2.77. The molecular weight excluding hydrogens is 262 g/mol. The van der Waals surface area contributed by atoms with E-state index in [2.05, 4.69) is 29.3 Å². The molecule has 0 spiro atoms. The molecule has 90 valence electrons. The van der Waals surface area contributed by atoms with E-state index in [0.717, 1.165) is 16.4 Å². The molecule has 0 unspecified atom stereocenters. The molecule has 0 fully saturated rings. The van der Waals surface area contributed by atoms with Gasteiger partial charge in [-0.3, -0.25) is 9.67 Å². The smallest absolute Gasteiger partial charge is 0.200 e. The van der Waals surface area contributed by atoms with Gasteiger partial charge in [0.25, 0.3) is 0 Å². The molecule has 1 aromatic carbocycles. The van der Waals surface area contributed by atoms with E-state index in [9.17, 15) is 0 Å². The number of benzene rings is 1. The predicted molar refractivity (Wildman–Crippen MR) is 76.8 cm³/mol. The number of para-hydroxylation sites is 1. The maximum Gasteiger partial charge on any atom is 0.200 e. The van der Waals surface area contributed by atoms with Gasteiger partial charge in [-0.05, 0) is 42.2 Å². The van der Waals surface area contributed by atoms with E-state index >= 15 is 0 Å². The van der Waals surface area contributed by atoms with Crippen molar-refractivity contribution in [2.24, 2.45) is 0 Å². The largest absolute Gasteiger partial charge is 0.267 e. The van der Waals surface area contributed by atoms with Gasteiger partial charge in [-0.15, -0.1) is 11.3 Å². The second kappa shape index (κ2) is 4.51. The first-order valence-corrected chi connectivity index (χ1v) is 6.83. The van der Waals surface area contributed by atoms with Gasteiger partial charge in [0.2, 0.25) is 0 Å². The van der Waals surface area contributed by atoms with Gasteiger partial charge >= 0.3 is 0 Å². The fourth-order valence-corrected chi connectivity index (χ4v) is 2.84. The molecule has 3 aromatic rings. The third-order valence-corrected chi connectivity index (χ3v) is 3.91. The third kappa shape index (κ3) is 1.81. The number of rotatable bonds is 2. The van der Waals surface area contributed by atoms with Gasteiger partial charge in [-0.2, -0.15) is 5.10 Å². The minimum atomic E-state index is 0.618. The highest BCUT2D eigenvalue weighted by molar-refractivity contribution is 7.71. The van der Waals surface area contributed by atoms with E-state index in [1.54, 1.807) is 11.3 Å². The van der Waals surface area contributed by atoms with E-state index in [1.807, 2.05) is 34.2 Å². The van der Waals surface area contributed by atoms with E-state index in [-0.39, 0.29) is 0 Å². The molecule has 18 heavy (non-hydrogen) atoms. The molecule has 0 saturated heterocycles. The summed E-state index contributed by atoms with van der Waals surface area (Å²) in [7, 11) is 0. The van der Waals surface area contributed by atoms with E-state index in [4.69, 9.17) is 12.2 Å². The van der Waals surface area contributed by atoms with Crippen molar-refractivity contribution in [2.45, 2.75) is 6.92 Å². The van der Waals surface area contributed by atoms with Crippen LogP contribution in [-0.4, -0.2) is 14.8 Å². The van der Waals surface area contributed by atoms with Crippen molar-refractivity contribution in [3.05, 3.63) is 52.1 Å². The van der Waals surface area contributed by atoms with Crippen molar-refractivity contribution < 1.29 is 0 Å². The molecule has 2 heterocycles. The van der Waals surface area contributed by atoms with Crippen LogP contribution in [0.2, 0.25) is 0 Å². The van der Waals surface area contributed by atoms with E-state index in [1.165, 1.54) is 5.56 Å². The van der Waals surface area contributed by atoms with Crippen LogP contribution in [0.3, 0.4) is 0 Å². The molecule has 3 rings (SSSR count). The lowest BCUT2D eigenvalue weighted by Crippen LogP contribution is -1.99. The Hall–Kier alpha value is -1.72. The molecule has 1 N–H and O–H groups in total. The summed E-state index contributed by atoms with van der Waals surface area (Å²) in [5.74, 6) is 0.865. The fraction of sp³-hybridized carbons (Fsp3) is 0.0769. The quantitative estimate of drug-likeness (QED) is 0.717. The van der Waals surface area contributed by atoms with Crippen LogP contribution in [0.5, 0.6) is 0 Å². The van der Waals surface area contributed by atoms with E-state index < -0.39 is 0 Å². The maximum absolute atomic E-state index is 5.34. The Morgan fingerprint density at radius 2 is 2.06 bits per heavy atom. The SMILES string of the molecule is Cc1ccccc1-n1c(-c2cccs2)n[nH]c1=S. The monoisotopic (exact) mass is 273 g/mol. The Bertz CT molecular complexity index is 723. The van der Waals surface area contributed by atoms with Crippen molar-refractivity contribution in [1.29, 1.82) is 0 Å². The number of hydrogen-bond acceptors (Lipinski definition) is 3. The van der Waals surface area contributed by atoms with Gasteiger partial charge in [-0.25, -0.2) is 0 Å². The van der Waals surface area contributed by atoms with Gasteiger partial charge in [0, 0.05) is 0 Å². The lowest BCUT2D eigenvalue weighted by atomic mass is 10.2. The Labute approximate surface area is 114 Å². The van der Waals surface area contributed by atoms with E-state index in [0.29, 0.717) is 4.77 Å². The average Bonchev–Trinajstić information content (AvgIpc) is 2.99. The van der Waals surface area contributed by atoms with Crippen molar-refractivity contribution in [1.82, 2.24) is 14.8 Å². The maximum atomic E-state index is 5.34. The molecule has 3 nitrogen and oxygen atoms in total. The molecule has 0 atom stereocenters. The van der Waals surface area contributed by atoms with Crippen LogP contribution in [-0.2, 0) is 0 Å². The van der Waals surface area contributed by atoms with Gasteiger partial charge in [-0.1, -0.05) is 24.3 Å². The molecule has 5 heteroatoms. The van der Waals surface area contributed by atoms with Gasteiger partial charge < -0.3 is 0 Å². The number of aryl methyl sites for hydroxylation is 1. The summed E-state index contributed by atoms with van der Waals surface area (Å²) in [6.45, 7) is 2.07. The minimum absolute atomic E-state index is 0.618. The van der Waals surface area contributed by atoms with Crippen LogP contribution in [0.1, 0.15) is 5.56 Å². The second-order valence-electron chi connectivity index (χ2n) is 3.95. The highest BCUT2D eigenvalue weighted by Gasteiger charge is 2.12. The standard InChI is InChI=1S/C13H11N3S2/c1-9-5-2-3-6-10(9)16-12(14-15-13(16)17)11-7-4-8-18-11/h2-8H,1H3,(H,15,17). The van der Waals surface area contributed by atoms with Crippen molar-refractivity contribution >= 4 is 23.6 Å². The van der Waals surface area contributed by atoms with Crippen molar-refractivity contribution in [2.75, 3.05) is 0 Å². The number of aromatic nitrogens is 3. The summed E-state index contributed by atoms with van der Waals surface area (Å²) in [6, 6.07) is 12.2. The summed E-state index contributed by atoms with van der Waals surface area (Å²) in [5, 5.41) is 9.24. The van der Waals surface area contributed by atoms with Crippen LogP contribution in [0.25, 0.3) is 16.4 Å². The zero-order chi connectivity index (χ0) is 12.5. The van der Waals surface area contributed by atoms with Crippen molar-refractivity contribution in [3.63, 3.8) is 0 Å². The molecule has 0 aliphatic carbocycles. The van der Waals surface area contributed by atoms with Crippen LogP contribution >= 0.6 is 23.6 Å². The first-order chi connectivity index (χ1) is 8.77. The summed E-state index contributed by atoms with van der Waals surface area (Å²) in [4.78, 5) is 1.10. The zero-order valence-electron chi connectivity index (χ0n) is 9.75.